The van der Waals surface area contributed by atoms with Crippen LogP contribution in [0.5, 0.6) is 0 Å². The molecular weight excluding hydrogens is 584 g/mol. The molecular formula is C21H33F6N3O11. The van der Waals surface area contributed by atoms with Crippen molar-refractivity contribution in [1.29, 1.82) is 0 Å². The molecule has 0 aliphatic carbocycles. The number of nitrogens with two attached hydrogens (primary N) is 1. The molecule has 0 spiro atoms. The van der Waals surface area contributed by atoms with Crippen LogP contribution in [0.2, 0.25) is 0 Å². The van der Waals surface area contributed by atoms with Crippen LogP contribution in [0.4, 0.5) is 26.3 Å². The Hall–Kier alpha value is -1.88. The van der Waals surface area contributed by atoms with Gasteiger partial charge in [0.25, 0.3) is 0 Å². The Labute approximate surface area is 228 Å². The Morgan fingerprint density at radius 2 is 1.27 bits per heavy atom. The molecule has 2 fully saturated rings. The minimum atomic E-state index is -5.48. The first-order chi connectivity index (χ1) is 19.1. The fourth-order valence-corrected chi connectivity index (χ4v) is 4.13. The van der Waals surface area contributed by atoms with Crippen molar-refractivity contribution in [3.8, 4) is 0 Å². The first-order valence-corrected chi connectivity index (χ1v) is 12.4. The quantitative estimate of drug-likeness (QED) is 0.0818. The summed E-state index contributed by atoms with van der Waals surface area (Å²) in [6, 6.07) is -4.24. The van der Waals surface area contributed by atoms with Gasteiger partial charge in [-0.25, -0.2) is 0 Å². The largest absolute Gasteiger partial charge is 0.471 e. The standard InChI is InChI=1S/C21H33F6N3O11/c22-20(23,24)18(36)29-10-13(34)12(33)8(6-31)39-17(10)41-15-9(7-32)40-16(38-5-3-1-2-4-28)11(14(15)35)30-19(37)21(25,26)27/h8-17,31-35H,1-7,28H2,(H,29,36)(H,30,37)/t8-,9-,10-,11-,12-,13-,14-,15-,16-,17+/m1/s1. The van der Waals surface area contributed by atoms with E-state index < -0.39 is 98.7 Å². The highest BCUT2D eigenvalue weighted by atomic mass is 19.4. The SMILES string of the molecule is NCCCCCO[C@@H]1O[C@H](CO)[C@@H](O[C@@H]2O[C@H](CO)[C@@H](O)[C@H](O)[C@H]2NC(=O)C(F)(F)F)[C@H](O)[C@H]1NC(=O)C(F)(F)F. The van der Waals surface area contributed by atoms with Gasteiger partial charge < -0.3 is 60.8 Å². The molecule has 14 nitrogen and oxygen atoms in total. The molecule has 2 rings (SSSR count). The third kappa shape index (κ3) is 9.30. The van der Waals surface area contributed by atoms with E-state index in [0.29, 0.717) is 25.8 Å². The second-order valence-electron chi connectivity index (χ2n) is 9.24. The van der Waals surface area contributed by atoms with E-state index in [4.69, 9.17) is 24.7 Å². The van der Waals surface area contributed by atoms with Crippen molar-refractivity contribution in [1.82, 2.24) is 10.6 Å². The molecule has 9 N–H and O–H groups in total. The Morgan fingerprint density at radius 3 is 1.76 bits per heavy atom. The van der Waals surface area contributed by atoms with Crippen LogP contribution in [0.3, 0.4) is 0 Å². The molecule has 10 atom stereocenters. The maximum absolute atomic E-state index is 13.0. The molecule has 2 amide bonds. The molecule has 0 radical (unpaired) electrons. The predicted octanol–water partition coefficient (Wildman–Crippen LogP) is -2.87. The third-order valence-electron chi connectivity index (χ3n) is 6.27. The van der Waals surface area contributed by atoms with Crippen LogP contribution in [0, 0.1) is 0 Å². The molecule has 41 heavy (non-hydrogen) atoms. The lowest BCUT2D eigenvalue weighted by molar-refractivity contribution is -0.333. The van der Waals surface area contributed by atoms with E-state index in [-0.39, 0.29) is 6.61 Å². The summed E-state index contributed by atoms with van der Waals surface area (Å²) in [4.78, 5) is 23.2. The van der Waals surface area contributed by atoms with Crippen molar-refractivity contribution in [2.24, 2.45) is 5.73 Å². The first-order valence-electron chi connectivity index (χ1n) is 12.4. The number of hydrogen-bond donors (Lipinski definition) is 8. The van der Waals surface area contributed by atoms with Gasteiger partial charge in [0.05, 0.1) is 13.2 Å². The summed E-state index contributed by atoms with van der Waals surface area (Å²) in [5.41, 5.74) is 5.38. The van der Waals surface area contributed by atoms with E-state index in [0.717, 1.165) is 0 Å². The summed E-state index contributed by atoms with van der Waals surface area (Å²) in [7, 11) is 0. The highest BCUT2D eigenvalue weighted by Gasteiger charge is 2.54. The van der Waals surface area contributed by atoms with Crippen LogP contribution in [-0.2, 0) is 28.5 Å². The van der Waals surface area contributed by atoms with E-state index in [1.165, 1.54) is 10.6 Å². The molecule has 240 valence electrons. The van der Waals surface area contributed by atoms with Crippen molar-refractivity contribution in [2.75, 3.05) is 26.4 Å². The Bertz CT molecular complexity index is 855. The lowest BCUT2D eigenvalue weighted by atomic mass is 9.94. The number of aliphatic hydroxyl groups is 5. The van der Waals surface area contributed by atoms with Gasteiger partial charge in [0, 0.05) is 6.61 Å². The number of alkyl halides is 6. The van der Waals surface area contributed by atoms with Crippen LogP contribution >= 0.6 is 0 Å². The second kappa shape index (κ2) is 15.0. The fraction of sp³-hybridized carbons (Fsp3) is 0.905. The molecule has 20 heteroatoms. The predicted molar refractivity (Wildman–Crippen MR) is 119 cm³/mol. The van der Waals surface area contributed by atoms with E-state index in [1.807, 2.05) is 0 Å². The Balaban J connectivity index is 2.35. The van der Waals surface area contributed by atoms with Gasteiger partial charge >= 0.3 is 24.2 Å². The van der Waals surface area contributed by atoms with E-state index >= 15 is 0 Å². The summed E-state index contributed by atoms with van der Waals surface area (Å²) in [6.07, 6.45) is -25.3. The van der Waals surface area contributed by atoms with Gasteiger partial charge in [-0.2, -0.15) is 26.3 Å². The van der Waals surface area contributed by atoms with Gasteiger partial charge in [-0.1, -0.05) is 0 Å². The van der Waals surface area contributed by atoms with Gasteiger partial charge in [0.2, 0.25) is 0 Å². The first kappa shape index (κ1) is 35.3. The van der Waals surface area contributed by atoms with Crippen molar-refractivity contribution in [3.05, 3.63) is 0 Å². The molecule has 0 saturated carbocycles. The monoisotopic (exact) mass is 617 g/mol. The molecule has 2 saturated heterocycles. The third-order valence-corrected chi connectivity index (χ3v) is 6.27. The smallest absolute Gasteiger partial charge is 0.394 e. The summed E-state index contributed by atoms with van der Waals surface area (Å²) in [5, 5.41) is 53.5. The van der Waals surface area contributed by atoms with Crippen molar-refractivity contribution in [2.45, 2.75) is 92.9 Å². The molecule has 0 bridgehead atoms. The molecule has 2 aliphatic rings. The summed E-state index contributed by atoms with van der Waals surface area (Å²) in [6.45, 7) is -1.82. The maximum Gasteiger partial charge on any atom is 0.471 e. The van der Waals surface area contributed by atoms with Gasteiger partial charge in [0.15, 0.2) is 12.6 Å². The fourth-order valence-electron chi connectivity index (χ4n) is 4.13. The van der Waals surface area contributed by atoms with Gasteiger partial charge in [0.1, 0.15) is 48.7 Å². The maximum atomic E-state index is 13.0. The van der Waals surface area contributed by atoms with Gasteiger partial charge in [-0.05, 0) is 25.8 Å². The number of unbranched alkanes of at least 4 members (excludes halogenated alkanes) is 2. The number of carbonyl (C=O) groups is 2. The van der Waals surface area contributed by atoms with Crippen LogP contribution in [0.1, 0.15) is 19.3 Å². The summed E-state index contributed by atoms with van der Waals surface area (Å²) >= 11 is 0. The highest BCUT2D eigenvalue weighted by Crippen LogP contribution is 2.31. The van der Waals surface area contributed by atoms with Crippen molar-refractivity contribution in [3.63, 3.8) is 0 Å². The van der Waals surface area contributed by atoms with Crippen LogP contribution in [0.15, 0.2) is 0 Å². The summed E-state index contributed by atoms with van der Waals surface area (Å²) < 4.78 is 99.1. The van der Waals surface area contributed by atoms with Crippen molar-refractivity contribution >= 4 is 11.8 Å². The van der Waals surface area contributed by atoms with Crippen LogP contribution in [0.25, 0.3) is 0 Å². The molecule has 2 aliphatic heterocycles. The van der Waals surface area contributed by atoms with Crippen molar-refractivity contribution < 1.29 is 80.4 Å². The number of aliphatic hydroxyl groups excluding tert-OH is 5. The number of ether oxygens (including phenoxy) is 4. The zero-order valence-corrected chi connectivity index (χ0v) is 21.3. The topological polar surface area (TPSA) is 222 Å². The lowest BCUT2D eigenvalue weighted by Gasteiger charge is -2.48. The second-order valence-corrected chi connectivity index (χ2v) is 9.24. The van der Waals surface area contributed by atoms with E-state index in [9.17, 15) is 61.5 Å². The van der Waals surface area contributed by atoms with Gasteiger partial charge in [-0.15, -0.1) is 0 Å². The number of halogens is 6. The lowest BCUT2D eigenvalue weighted by Crippen LogP contribution is -2.70. The zero-order valence-electron chi connectivity index (χ0n) is 21.3. The molecule has 0 aromatic heterocycles. The number of amides is 2. The zero-order chi connectivity index (χ0) is 31.1. The highest BCUT2D eigenvalue weighted by molar-refractivity contribution is 5.82. The number of hydrogen-bond acceptors (Lipinski definition) is 12. The van der Waals surface area contributed by atoms with E-state index in [2.05, 4.69) is 0 Å². The van der Waals surface area contributed by atoms with Crippen LogP contribution in [-0.4, -0.2) is 137 Å². The average Bonchev–Trinajstić information content (AvgIpc) is 2.89. The Kier molecular flexibility index (Phi) is 12.9. The number of rotatable bonds is 12. The average molecular weight is 617 g/mol. The van der Waals surface area contributed by atoms with E-state index in [1.54, 1.807) is 0 Å². The molecule has 0 aromatic carbocycles. The minimum absolute atomic E-state index is 0.140. The summed E-state index contributed by atoms with van der Waals surface area (Å²) in [5.74, 6) is -5.13. The number of nitrogens with one attached hydrogen (secondary N) is 2. The number of carbonyl (C=O) groups excluding carboxylic acids is 2. The van der Waals surface area contributed by atoms with Crippen LogP contribution < -0.4 is 16.4 Å². The molecule has 2 heterocycles. The normalized spacial score (nSPS) is 34.7. The Morgan fingerprint density at radius 1 is 0.756 bits per heavy atom. The molecule has 0 unspecified atom stereocenters. The minimum Gasteiger partial charge on any atom is -0.394 e. The molecule has 0 aromatic rings. The van der Waals surface area contributed by atoms with Gasteiger partial charge in [-0.3, -0.25) is 9.59 Å².